The summed E-state index contributed by atoms with van der Waals surface area (Å²) in [4.78, 5) is 0. The molecule has 0 aromatic heterocycles. The van der Waals surface area contributed by atoms with Gasteiger partial charge in [0.05, 0.1) is 0 Å². The second-order valence-corrected chi connectivity index (χ2v) is 4.82. The highest BCUT2D eigenvalue weighted by Gasteiger charge is 2.32. The summed E-state index contributed by atoms with van der Waals surface area (Å²) in [5, 5.41) is 9.12. The fourth-order valence-electron chi connectivity index (χ4n) is 2.52. The average molecular weight is 204 g/mol. The van der Waals surface area contributed by atoms with Crippen molar-refractivity contribution in [3.63, 3.8) is 0 Å². The van der Waals surface area contributed by atoms with Crippen LogP contribution in [0.1, 0.15) is 41.9 Å². The molecule has 0 spiro atoms. The molecule has 1 heteroatoms. The van der Waals surface area contributed by atoms with Gasteiger partial charge in [0.15, 0.2) is 0 Å². The van der Waals surface area contributed by atoms with E-state index in [9.17, 15) is 0 Å². The number of aryl methyl sites for hydroxylation is 2. The summed E-state index contributed by atoms with van der Waals surface area (Å²) in [7, 11) is 0. The van der Waals surface area contributed by atoms with E-state index in [0.29, 0.717) is 12.5 Å². The van der Waals surface area contributed by atoms with Crippen LogP contribution in [0.15, 0.2) is 18.2 Å². The van der Waals surface area contributed by atoms with Gasteiger partial charge in [-0.05, 0) is 56.1 Å². The molecule has 0 amide bonds. The zero-order valence-electron chi connectivity index (χ0n) is 9.66. The van der Waals surface area contributed by atoms with Crippen molar-refractivity contribution in [1.82, 2.24) is 0 Å². The standard InChI is InChI=1S/C14H20O/c1-10-3-6-13(11(2)9-10)14(7-8-15)12-4-5-12/h3,6,9,12,14-15H,4-5,7-8H2,1-2H3. The van der Waals surface area contributed by atoms with Gasteiger partial charge in [-0.1, -0.05) is 23.8 Å². The first-order valence-corrected chi connectivity index (χ1v) is 5.90. The summed E-state index contributed by atoms with van der Waals surface area (Å²) >= 11 is 0. The van der Waals surface area contributed by atoms with E-state index >= 15 is 0 Å². The van der Waals surface area contributed by atoms with Crippen molar-refractivity contribution in [2.24, 2.45) is 5.92 Å². The van der Waals surface area contributed by atoms with E-state index in [4.69, 9.17) is 5.11 Å². The molecule has 0 radical (unpaired) electrons. The average Bonchev–Trinajstić information content (AvgIpc) is 2.98. The van der Waals surface area contributed by atoms with E-state index in [1.807, 2.05) is 0 Å². The minimum absolute atomic E-state index is 0.314. The summed E-state index contributed by atoms with van der Waals surface area (Å²) in [6.45, 7) is 4.64. The molecule has 1 aromatic carbocycles. The highest BCUT2D eigenvalue weighted by Crippen LogP contribution is 2.45. The molecule has 1 atom stereocenters. The van der Waals surface area contributed by atoms with Crippen molar-refractivity contribution in [2.45, 2.75) is 39.0 Å². The third-order valence-electron chi connectivity index (χ3n) is 3.46. The summed E-state index contributed by atoms with van der Waals surface area (Å²) < 4.78 is 0. The molecule has 1 aromatic rings. The summed E-state index contributed by atoms with van der Waals surface area (Å²) in [5.41, 5.74) is 4.17. The third-order valence-corrected chi connectivity index (χ3v) is 3.46. The molecule has 82 valence electrons. The Morgan fingerprint density at radius 1 is 1.33 bits per heavy atom. The molecule has 1 N–H and O–H groups in total. The Morgan fingerprint density at radius 3 is 2.60 bits per heavy atom. The van der Waals surface area contributed by atoms with Gasteiger partial charge in [-0.3, -0.25) is 0 Å². The van der Waals surface area contributed by atoms with Crippen LogP contribution < -0.4 is 0 Å². The van der Waals surface area contributed by atoms with Crippen molar-refractivity contribution in [1.29, 1.82) is 0 Å². The molecular formula is C14H20O. The lowest BCUT2D eigenvalue weighted by Crippen LogP contribution is -2.06. The number of rotatable bonds is 4. The molecule has 0 heterocycles. The van der Waals surface area contributed by atoms with Gasteiger partial charge in [-0.2, -0.15) is 0 Å². The van der Waals surface area contributed by atoms with Crippen molar-refractivity contribution in [3.8, 4) is 0 Å². The number of hydrogen-bond acceptors (Lipinski definition) is 1. The summed E-state index contributed by atoms with van der Waals surface area (Å²) in [6.07, 6.45) is 3.62. The molecule has 1 aliphatic rings. The molecule has 0 saturated heterocycles. The van der Waals surface area contributed by atoms with Crippen LogP contribution in [0.25, 0.3) is 0 Å². The fourth-order valence-corrected chi connectivity index (χ4v) is 2.52. The SMILES string of the molecule is Cc1ccc(C(CCO)C2CC2)c(C)c1. The summed E-state index contributed by atoms with van der Waals surface area (Å²) in [6, 6.07) is 6.69. The predicted molar refractivity (Wildman–Crippen MR) is 63.1 cm³/mol. The van der Waals surface area contributed by atoms with Crippen LogP contribution in [0.5, 0.6) is 0 Å². The molecule has 0 bridgehead atoms. The first-order chi connectivity index (χ1) is 7.22. The Bertz CT molecular complexity index is 339. The van der Waals surface area contributed by atoms with Gasteiger partial charge in [0, 0.05) is 6.61 Å². The highest BCUT2D eigenvalue weighted by atomic mass is 16.3. The second-order valence-electron chi connectivity index (χ2n) is 4.82. The van der Waals surface area contributed by atoms with Gasteiger partial charge in [-0.25, -0.2) is 0 Å². The quantitative estimate of drug-likeness (QED) is 0.798. The number of aliphatic hydroxyl groups excluding tert-OH is 1. The van der Waals surface area contributed by atoms with Crippen molar-refractivity contribution >= 4 is 0 Å². The minimum atomic E-state index is 0.314. The zero-order chi connectivity index (χ0) is 10.8. The first kappa shape index (κ1) is 10.7. The van der Waals surface area contributed by atoms with Crippen LogP contribution in [0.4, 0.5) is 0 Å². The van der Waals surface area contributed by atoms with Crippen molar-refractivity contribution < 1.29 is 5.11 Å². The Hall–Kier alpha value is -0.820. The fraction of sp³-hybridized carbons (Fsp3) is 0.571. The molecule has 15 heavy (non-hydrogen) atoms. The van der Waals surface area contributed by atoms with Crippen LogP contribution in [0.2, 0.25) is 0 Å². The van der Waals surface area contributed by atoms with Crippen molar-refractivity contribution in [2.75, 3.05) is 6.61 Å². The number of aliphatic hydroxyl groups is 1. The minimum Gasteiger partial charge on any atom is -0.396 e. The normalized spacial score (nSPS) is 17.8. The van der Waals surface area contributed by atoms with Crippen LogP contribution in [-0.4, -0.2) is 11.7 Å². The van der Waals surface area contributed by atoms with E-state index in [1.54, 1.807) is 0 Å². The van der Waals surface area contributed by atoms with E-state index < -0.39 is 0 Å². The Labute approximate surface area is 92.1 Å². The molecule has 2 rings (SSSR count). The van der Waals surface area contributed by atoms with Gasteiger partial charge in [-0.15, -0.1) is 0 Å². The maximum atomic E-state index is 9.12. The molecule has 1 unspecified atom stereocenters. The molecule has 1 fully saturated rings. The Balaban J connectivity index is 2.24. The lowest BCUT2D eigenvalue weighted by molar-refractivity contribution is 0.269. The van der Waals surface area contributed by atoms with Gasteiger partial charge in [0.2, 0.25) is 0 Å². The maximum absolute atomic E-state index is 9.12. The lowest BCUT2D eigenvalue weighted by Gasteiger charge is -2.18. The molecule has 0 aliphatic heterocycles. The topological polar surface area (TPSA) is 20.2 Å². The van der Waals surface area contributed by atoms with Crippen LogP contribution in [0, 0.1) is 19.8 Å². The maximum Gasteiger partial charge on any atom is 0.0436 e. The van der Waals surface area contributed by atoms with E-state index in [2.05, 4.69) is 32.0 Å². The second kappa shape index (κ2) is 4.36. The van der Waals surface area contributed by atoms with E-state index in [-0.39, 0.29) is 0 Å². The van der Waals surface area contributed by atoms with Gasteiger partial charge in [0.1, 0.15) is 0 Å². The summed E-state index contributed by atoms with van der Waals surface area (Å²) in [5.74, 6) is 1.43. The number of hydrogen-bond donors (Lipinski definition) is 1. The molecule has 1 saturated carbocycles. The van der Waals surface area contributed by atoms with Crippen molar-refractivity contribution in [3.05, 3.63) is 34.9 Å². The van der Waals surface area contributed by atoms with Crippen LogP contribution in [-0.2, 0) is 0 Å². The largest absolute Gasteiger partial charge is 0.396 e. The Morgan fingerprint density at radius 2 is 2.07 bits per heavy atom. The molecule has 1 aliphatic carbocycles. The smallest absolute Gasteiger partial charge is 0.0436 e. The zero-order valence-corrected chi connectivity index (χ0v) is 9.66. The van der Waals surface area contributed by atoms with Gasteiger partial charge < -0.3 is 5.11 Å². The van der Waals surface area contributed by atoms with E-state index in [0.717, 1.165) is 12.3 Å². The third kappa shape index (κ3) is 2.40. The van der Waals surface area contributed by atoms with E-state index in [1.165, 1.54) is 29.5 Å². The predicted octanol–water partition coefficient (Wildman–Crippen LogP) is 3.18. The molecule has 1 nitrogen and oxygen atoms in total. The highest BCUT2D eigenvalue weighted by molar-refractivity contribution is 5.34. The van der Waals surface area contributed by atoms with Crippen LogP contribution >= 0.6 is 0 Å². The first-order valence-electron chi connectivity index (χ1n) is 5.90. The molecular weight excluding hydrogens is 184 g/mol. The van der Waals surface area contributed by atoms with Crippen LogP contribution in [0.3, 0.4) is 0 Å². The van der Waals surface area contributed by atoms with Gasteiger partial charge >= 0.3 is 0 Å². The van der Waals surface area contributed by atoms with Gasteiger partial charge in [0.25, 0.3) is 0 Å². The number of benzene rings is 1. The Kier molecular flexibility index (Phi) is 3.11. The lowest BCUT2D eigenvalue weighted by atomic mass is 9.87. The monoisotopic (exact) mass is 204 g/mol.